The standard InChI is InChI=1S/C14H28N2O2S/c1-13-3-5-14(6-4-13,11-15-2)12-16-7-9-19(17,18)10-8-16/h13,15H,3-12H2,1-2H3. The molecule has 1 N–H and O–H groups in total. The van der Waals surface area contributed by atoms with E-state index in [-0.39, 0.29) is 0 Å². The molecular formula is C14H28N2O2S. The van der Waals surface area contributed by atoms with Gasteiger partial charge in [0.25, 0.3) is 0 Å². The third-order valence-electron chi connectivity index (χ3n) is 4.88. The number of nitrogens with one attached hydrogen (secondary N) is 1. The Morgan fingerprint density at radius 1 is 1.21 bits per heavy atom. The van der Waals surface area contributed by atoms with E-state index in [0.29, 0.717) is 16.9 Å². The second-order valence-corrected chi connectivity index (χ2v) is 8.94. The molecule has 1 heterocycles. The molecular weight excluding hydrogens is 260 g/mol. The van der Waals surface area contributed by atoms with Crippen LogP contribution in [0.2, 0.25) is 0 Å². The smallest absolute Gasteiger partial charge is 0.152 e. The van der Waals surface area contributed by atoms with Crippen LogP contribution in [0.4, 0.5) is 0 Å². The predicted octanol–water partition coefficient (Wildman–Crippen LogP) is 1.13. The first-order chi connectivity index (χ1) is 8.95. The van der Waals surface area contributed by atoms with Crippen LogP contribution < -0.4 is 5.32 Å². The Hall–Kier alpha value is -0.130. The van der Waals surface area contributed by atoms with Crippen LogP contribution in [0, 0.1) is 11.3 Å². The average molecular weight is 288 g/mol. The molecule has 1 aliphatic heterocycles. The lowest BCUT2D eigenvalue weighted by atomic mass is 9.70. The van der Waals surface area contributed by atoms with Crippen LogP contribution >= 0.6 is 0 Å². The Bertz CT molecular complexity index is 372. The van der Waals surface area contributed by atoms with Crippen LogP contribution in [-0.2, 0) is 9.84 Å². The van der Waals surface area contributed by atoms with E-state index in [1.807, 2.05) is 7.05 Å². The van der Waals surface area contributed by atoms with Gasteiger partial charge in [-0.3, -0.25) is 0 Å². The lowest BCUT2D eigenvalue weighted by molar-refractivity contribution is 0.0925. The maximum absolute atomic E-state index is 11.5. The molecule has 2 rings (SSSR count). The Morgan fingerprint density at radius 2 is 1.79 bits per heavy atom. The van der Waals surface area contributed by atoms with E-state index >= 15 is 0 Å². The minimum atomic E-state index is -2.75. The van der Waals surface area contributed by atoms with Gasteiger partial charge in [0.1, 0.15) is 0 Å². The van der Waals surface area contributed by atoms with Crippen molar-refractivity contribution in [2.45, 2.75) is 32.6 Å². The summed E-state index contributed by atoms with van der Waals surface area (Å²) in [4.78, 5) is 2.37. The number of hydrogen-bond donors (Lipinski definition) is 1. The fourth-order valence-corrected chi connectivity index (χ4v) is 4.80. The van der Waals surface area contributed by atoms with Gasteiger partial charge >= 0.3 is 0 Å². The molecule has 1 saturated heterocycles. The van der Waals surface area contributed by atoms with Crippen molar-refractivity contribution < 1.29 is 8.42 Å². The molecule has 0 bridgehead atoms. The summed E-state index contributed by atoms with van der Waals surface area (Å²) in [7, 11) is -0.726. The first kappa shape index (κ1) is 15.3. The Kier molecular flexibility index (Phi) is 4.90. The van der Waals surface area contributed by atoms with Crippen LogP contribution in [0.15, 0.2) is 0 Å². The summed E-state index contributed by atoms with van der Waals surface area (Å²) >= 11 is 0. The fourth-order valence-electron chi connectivity index (χ4n) is 3.52. The third kappa shape index (κ3) is 4.17. The largest absolute Gasteiger partial charge is 0.319 e. The van der Waals surface area contributed by atoms with E-state index in [1.165, 1.54) is 25.7 Å². The van der Waals surface area contributed by atoms with E-state index < -0.39 is 9.84 Å². The summed E-state index contributed by atoms with van der Waals surface area (Å²) < 4.78 is 23.0. The van der Waals surface area contributed by atoms with Crippen molar-refractivity contribution >= 4 is 9.84 Å². The topological polar surface area (TPSA) is 49.4 Å². The summed E-state index contributed by atoms with van der Waals surface area (Å²) in [5, 5.41) is 3.35. The highest BCUT2D eigenvalue weighted by atomic mass is 32.2. The highest BCUT2D eigenvalue weighted by Gasteiger charge is 2.36. The number of hydrogen-bond acceptors (Lipinski definition) is 4. The lowest BCUT2D eigenvalue weighted by Gasteiger charge is -2.43. The first-order valence-corrected chi connectivity index (χ1v) is 9.34. The Labute approximate surface area is 117 Å². The molecule has 0 spiro atoms. The molecule has 0 unspecified atom stereocenters. The highest BCUT2D eigenvalue weighted by Crippen LogP contribution is 2.39. The van der Waals surface area contributed by atoms with Gasteiger partial charge in [-0.1, -0.05) is 19.8 Å². The number of nitrogens with zero attached hydrogens (tertiary/aromatic N) is 1. The monoisotopic (exact) mass is 288 g/mol. The Balaban J connectivity index is 1.94. The summed E-state index contributed by atoms with van der Waals surface area (Å²) in [6, 6.07) is 0. The minimum Gasteiger partial charge on any atom is -0.319 e. The molecule has 2 aliphatic rings. The molecule has 1 aliphatic carbocycles. The van der Waals surface area contributed by atoms with E-state index in [4.69, 9.17) is 0 Å². The van der Waals surface area contributed by atoms with E-state index in [0.717, 1.165) is 32.1 Å². The molecule has 0 atom stereocenters. The normalized spacial score (nSPS) is 36.2. The van der Waals surface area contributed by atoms with Gasteiger partial charge in [0.2, 0.25) is 0 Å². The zero-order chi connectivity index (χ0) is 13.9. The highest BCUT2D eigenvalue weighted by molar-refractivity contribution is 7.91. The zero-order valence-electron chi connectivity index (χ0n) is 12.3. The molecule has 112 valence electrons. The molecule has 0 radical (unpaired) electrons. The van der Waals surface area contributed by atoms with Crippen molar-refractivity contribution in [3.05, 3.63) is 0 Å². The molecule has 0 aromatic carbocycles. The van der Waals surface area contributed by atoms with Gasteiger partial charge in [0, 0.05) is 26.2 Å². The second-order valence-electron chi connectivity index (χ2n) is 6.64. The summed E-state index contributed by atoms with van der Waals surface area (Å²) in [5.74, 6) is 1.55. The molecule has 1 saturated carbocycles. The maximum atomic E-state index is 11.5. The van der Waals surface area contributed by atoms with Crippen molar-refractivity contribution in [3.63, 3.8) is 0 Å². The molecule has 5 heteroatoms. The zero-order valence-corrected chi connectivity index (χ0v) is 13.1. The second kappa shape index (κ2) is 6.10. The summed E-state index contributed by atoms with van der Waals surface area (Å²) in [6.45, 7) is 5.92. The van der Waals surface area contributed by atoms with Gasteiger partial charge in [0.15, 0.2) is 9.84 Å². The summed E-state index contributed by atoms with van der Waals surface area (Å²) in [6.07, 6.45) is 5.18. The van der Waals surface area contributed by atoms with E-state index in [9.17, 15) is 8.42 Å². The average Bonchev–Trinajstić information content (AvgIpc) is 2.36. The molecule has 19 heavy (non-hydrogen) atoms. The lowest BCUT2D eigenvalue weighted by Crippen LogP contribution is -2.49. The van der Waals surface area contributed by atoms with Gasteiger partial charge in [-0.25, -0.2) is 8.42 Å². The predicted molar refractivity (Wildman–Crippen MR) is 79.1 cm³/mol. The van der Waals surface area contributed by atoms with Crippen molar-refractivity contribution in [2.75, 3.05) is 44.7 Å². The molecule has 2 fully saturated rings. The molecule has 0 aromatic heterocycles. The molecule has 0 amide bonds. The van der Waals surface area contributed by atoms with Crippen molar-refractivity contribution in [2.24, 2.45) is 11.3 Å². The van der Waals surface area contributed by atoms with Crippen molar-refractivity contribution in [3.8, 4) is 0 Å². The van der Waals surface area contributed by atoms with E-state index in [2.05, 4.69) is 17.1 Å². The maximum Gasteiger partial charge on any atom is 0.152 e. The Morgan fingerprint density at radius 3 is 2.32 bits per heavy atom. The minimum absolute atomic E-state index is 0.346. The van der Waals surface area contributed by atoms with Gasteiger partial charge < -0.3 is 10.2 Å². The van der Waals surface area contributed by atoms with Crippen LogP contribution in [0.5, 0.6) is 0 Å². The fraction of sp³-hybridized carbons (Fsp3) is 1.00. The van der Waals surface area contributed by atoms with Gasteiger partial charge in [0.05, 0.1) is 11.5 Å². The van der Waals surface area contributed by atoms with Gasteiger partial charge in [-0.05, 0) is 31.2 Å². The van der Waals surface area contributed by atoms with Gasteiger partial charge in [-0.2, -0.15) is 0 Å². The quantitative estimate of drug-likeness (QED) is 0.842. The molecule has 0 aromatic rings. The van der Waals surface area contributed by atoms with Crippen LogP contribution in [0.3, 0.4) is 0 Å². The van der Waals surface area contributed by atoms with E-state index in [1.54, 1.807) is 0 Å². The van der Waals surface area contributed by atoms with Crippen LogP contribution in [0.1, 0.15) is 32.6 Å². The van der Waals surface area contributed by atoms with Crippen molar-refractivity contribution in [1.82, 2.24) is 10.2 Å². The van der Waals surface area contributed by atoms with Crippen LogP contribution in [0.25, 0.3) is 0 Å². The first-order valence-electron chi connectivity index (χ1n) is 7.52. The molecule has 4 nitrogen and oxygen atoms in total. The van der Waals surface area contributed by atoms with Gasteiger partial charge in [-0.15, -0.1) is 0 Å². The SMILES string of the molecule is CNCC1(CN2CCS(=O)(=O)CC2)CCC(C)CC1. The third-order valence-corrected chi connectivity index (χ3v) is 6.49. The van der Waals surface area contributed by atoms with Crippen LogP contribution in [-0.4, -0.2) is 58.1 Å². The number of sulfone groups is 1. The summed E-state index contributed by atoms with van der Waals surface area (Å²) in [5.41, 5.74) is 0.363. The number of rotatable bonds is 4. The van der Waals surface area contributed by atoms with Crippen molar-refractivity contribution in [1.29, 1.82) is 0 Å².